The fourth-order valence-electron chi connectivity index (χ4n) is 1.75. The second-order valence-electron chi connectivity index (χ2n) is 4.68. The van der Waals surface area contributed by atoms with Crippen LogP contribution >= 0.6 is 11.8 Å². The van der Waals surface area contributed by atoms with Gasteiger partial charge in [0.05, 0.1) is 10.8 Å². The number of carbonyl (C=O) groups excluding carboxylic acids is 1. The van der Waals surface area contributed by atoms with E-state index in [0.717, 1.165) is 6.42 Å². The molecule has 2 rings (SSSR count). The Balaban J connectivity index is 2.04. The van der Waals surface area contributed by atoms with Crippen LogP contribution in [0.15, 0.2) is 29.2 Å². The van der Waals surface area contributed by atoms with Crippen molar-refractivity contribution >= 4 is 17.7 Å². The summed E-state index contributed by atoms with van der Waals surface area (Å²) in [5.41, 5.74) is 0.669. The second kappa shape index (κ2) is 4.46. The molecule has 0 radical (unpaired) electrons. The maximum Gasteiger partial charge on any atom is 0.234 e. The van der Waals surface area contributed by atoms with E-state index >= 15 is 0 Å². The van der Waals surface area contributed by atoms with Gasteiger partial charge in [-0.15, -0.1) is 18.2 Å². The summed E-state index contributed by atoms with van der Waals surface area (Å²) in [6, 6.07) is 8.13. The van der Waals surface area contributed by atoms with Crippen LogP contribution in [0.3, 0.4) is 0 Å². The number of nitrogens with one attached hydrogen (secondary N) is 1. The molecule has 2 nitrogen and oxygen atoms in total. The highest BCUT2D eigenvalue weighted by Crippen LogP contribution is 2.36. The topological polar surface area (TPSA) is 29.1 Å². The first-order valence-electron chi connectivity index (χ1n) is 5.56. The molecular weight excluding hydrogens is 230 g/mol. The van der Waals surface area contributed by atoms with Crippen molar-refractivity contribution < 1.29 is 4.79 Å². The van der Waals surface area contributed by atoms with Gasteiger partial charge in [0.1, 0.15) is 0 Å². The number of amides is 1. The number of benzene rings is 1. The largest absolute Gasteiger partial charge is 0.339 e. The van der Waals surface area contributed by atoms with Crippen LogP contribution in [0, 0.1) is 12.3 Å². The highest BCUT2D eigenvalue weighted by atomic mass is 32.2. The Labute approximate surface area is 106 Å². The Hall–Kier alpha value is -1.40. The minimum absolute atomic E-state index is 0.0224. The Morgan fingerprint density at radius 1 is 1.53 bits per heavy atom. The molecule has 0 saturated carbocycles. The summed E-state index contributed by atoms with van der Waals surface area (Å²) >= 11 is 1.61. The van der Waals surface area contributed by atoms with E-state index in [1.54, 1.807) is 11.8 Å². The third-order valence-corrected chi connectivity index (χ3v) is 4.05. The highest BCUT2D eigenvalue weighted by molar-refractivity contribution is 8.01. The summed E-state index contributed by atoms with van der Waals surface area (Å²) in [7, 11) is 0. The van der Waals surface area contributed by atoms with Crippen molar-refractivity contribution in [1.82, 2.24) is 5.32 Å². The Morgan fingerprint density at radius 3 is 2.88 bits per heavy atom. The molecule has 1 aliphatic heterocycles. The molecule has 1 unspecified atom stereocenters. The molecule has 1 heterocycles. The lowest BCUT2D eigenvalue weighted by Gasteiger charge is -2.21. The van der Waals surface area contributed by atoms with Crippen molar-refractivity contribution in [2.45, 2.75) is 36.0 Å². The first-order valence-corrected chi connectivity index (χ1v) is 6.44. The van der Waals surface area contributed by atoms with Crippen LogP contribution in [-0.2, 0) is 11.2 Å². The van der Waals surface area contributed by atoms with E-state index in [0.29, 0.717) is 0 Å². The van der Waals surface area contributed by atoms with Crippen molar-refractivity contribution in [3.63, 3.8) is 0 Å². The molecule has 1 aliphatic rings. The van der Waals surface area contributed by atoms with Crippen LogP contribution in [0.1, 0.15) is 19.4 Å². The summed E-state index contributed by atoms with van der Waals surface area (Å²) < 4.78 is 0. The fourth-order valence-corrected chi connectivity index (χ4v) is 2.95. The lowest BCUT2D eigenvalue weighted by atomic mass is 10.1. The lowest BCUT2D eigenvalue weighted by molar-refractivity contribution is -0.121. The standard InChI is InChI=1S/C14H15NOS/c1-4-14(2,3)15-13(16)12-9-10-7-5-6-8-11(10)17-12/h1,5-8,12H,9H2,2-3H3,(H,15,16). The van der Waals surface area contributed by atoms with Crippen molar-refractivity contribution in [3.8, 4) is 12.3 Å². The maximum atomic E-state index is 12.1. The number of hydrogen-bond acceptors (Lipinski definition) is 2. The molecule has 0 bridgehead atoms. The number of terminal acetylenes is 1. The van der Waals surface area contributed by atoms with Gasteiger partial charge in [-0.05, 0) is 31.9 Å². The van der Waals surface area contributed by atoms with Crippen LogP contribution in [0.4, 0.5) is 0 Å². The van der Waals surface area contributed by atoms with Gasteiger partial charge in [-0.3, -0.25) is 4.79 Å². The third kappa shape index (κ3) is 2.65. The van der Waals surface area contributed by atoms with E-state index in [-0.39, 0.29) is 11.2 Å². The molecule has 0 aliphatic carbocycles. The minimum atomic E-state index is -0.577. The summed E-state index contributed by atoms with van der Waals surface area (Å²) in [4.78, 5) is 13.3. The molecule has 0 aromatic heterocycles. The molecule has 1 N–H and O–H groups in total. The van der Waals surface area contributed by atoms with Gasteiger partial charge in [0, 0.05) is 4.90 Å². The zero-order valence-electron chi connectivity index (χ0n) is 9.99. The Kier molecular flexibility index (Phi) is 3.17. The predicted molar refractivity (Wildman–Crippen MR) is 70.8 cm³/mol. The SMILES string of the molecule is C#CC(C)(C)NC(=O)C1Cc2ccccc2S1. The highest BCUT2D eigenvalue weighted by Gasteiger charge is 2.30. The van der Waals surface area contributed by atoms with E-state index in [4.69, 9.17) is 6.42 Å². The molecule has 1 atom stereocenters. The molecule has 3 heteroatoms. The molecular formula is C14H15NOS. The zero-order chi connectivity index (χ0) is 12.5. The number of rotatable bonds is 2. The van der Waals surface area contributed by atoms with Gasteiger partial charge in [0.2, 0.25) is 5.91 Å². The van der Waals surface area contributed by atoms with Gasteiger partial charge in [0.25, 0.3) is 0 Å². The van der Waals surface area contributed by atoms with E-state index < -0.39 is 5.54 Å². The number of thioether (sulfide) groups is 1. The molecule has 1 amide bonds. The second-order valence-corrected chi connectivity index (χ2v) is 5.92. The molecule has 88 valence electrons. The van der Waals surface area contributed by atoms with Crippen molar-refractivity contribution in [1.29, 1.82) is 0 Å². The van der Waals surface area contributed by atoms with Gasteiger partial charge >= 0.3 is 0 Å². The molecule has 1 aromatic rings. The molecule has 0 saturated heterocycles. The van der Waals surface area contributed by atoms with Gasteiger partial charge < -0.3 is 5.32 Å². The first kappa shape index (κ1) is 12.1. The van der Waals surface area contributed by atoms with Gasteiger partial charge in [-0.2, -0.15) is 0 Å². The zero-order valence-corrected chi connectivity index (χ0v) is 10.8. The van der Waals surface area contributed by atoms with E-state index in [9.17, 15) is 4.79 Å². The van der Waals surface area contributed by atoms with E-state index in [2.05, 4.69) is 23.4 Å². The van der Waals surface area contributed by atoms with Crippen LogP contribution in [-0.4, -0.2) is 16.7 Å². The van der Waals surface area contributed by atoms with Gasteiger partial charge in [0.15, 0.2) is 0 Å². The van der Waals surface area contributed by atoms with Crippen LogP contribution in [0.25, 0.3) is 0 Å². The van der Waals surface area contributed by atoms with Crippen molar-refractivity contribution in [2.24, 2.45) is 0 Å². The number of carbonyl (C=O) groups is 1. The Morgan fingerprint density at radius 2 is 2.24 bits per heavy atom. The normalized spacial score (nSPS) is 18.3. The third-order valence-electron chi connectivity index (χ3n) is 2.74. The molecule has 0 fully saturated rings. The lowest BCUT2D eigenvalue weighted by Crippen LogP contribution is -2.46. The van der Waals surface area contributed by atoms with Crippen LogP contribution < -0.4 is 5.32 Å². The average molecular weight is 245 g/mol. The van der Waals surface area contributed by atoms with E-state index in [1.807, 2.05) is 26.0 Å². The van der Waals surface area contributed by atoms with Crippen LogP contribution in [0.5, 0.6) is 0 Å². The van der Waals surface area contributed by atoms with E-state index in [1.165, 1.54) is 10.5 Å². The first-order chi connectivity index (χ1) is 8.02. The summed E-state index contributed by atoms with van der Waals surface area (Å²) in [6.45, 7) is 3.66. The summed E-state index contributed by atoms with van der Waals surface area (Å²) in [6.07, 6.45) is 6.15. The smallest absolute Gasteiger partial charge is 0.234 e. The summed E-state index contributed by atoms with van der Waals surface area (Å²) in [5, 5.41) is 2.83. The Bertz CT molecular complexity index is 462. The van der Waals surface area contributed by atoms with Gasteiger partial charge in [-0.1, -0.05) is 24.1 Å². The van der Waals surface area contributed by atoms with Crippen molar-refractivity contribution in [3.05, 3.63) is 29.8 Å². The number of hydrogen-bond donors (Lipinski definition) is 1. The number of fused-ring (bicyclic) bond motifs is 1. The quantitative estimate of drug-likeness (QED) is 0.810. The monoisotopic (exact) mass is 245 g/mol. The molecule has 1 aromatic carbocycles. The predicted octanol–water partition coefficient (Wildman–Crippen LogP) is 2.23. The maximum absolute atomic E-state index is 12.1. The molecule has 0 spiro atoms. The summed E-state index contributed by atoms with van der Waals surface area (Å²) in [5.74, 6) is 2.60. The average Bonchev–Trinajstić information content (AvgIpc) is 2.72. The minimum Gasteiger partial charge on any atom is -0.339 e. The van der Waals surface area contributed by atoms with Crippen molar-refractivity contribution in [2.75, 3.05) is 0 Å². The van der Waals surface area contributed by atoms with Gasteiger partial charge in [-0.25, -0.2) is 0 Å². The van der Waals surface area contributed by atoms with Crippen LogP contribution in [0.2, 0.25) is 0 Å². The molecule has 17 heavy (non-hydrogen) atoms. The fraction of sp³-hybridized carbons (Fsp3) is 0.357.